The molecule has 1 fully saturated rings. The average Bonchev–Trinajstić information content (AvgIpc) is 2.92. The third kappa shape index (κ3) is 3.68. The van der Waals surface area contributed by atoms with Gasteiger partial charge in [0.05, 0.1) is 21.1 Å². The number of pyridine rings is 1. The highest BCUT2D eigenvalue weighted by atomic mass is 35.5. The molecule has 178 valence electrons. The fourth-order valence-corrected chi connectivity index (χ4v) is 4.82. The molecule has 3 aromatic rings. The first kappa shape index (κ1) is 24.0. The molecule has 2 heterocycles. The number of hydrogen-bond donors (Lipinski definition) is 0. The van der Waals surface area contributed by atoms with Crippen LogP contribution in [0.5, 0.6) is 0 Å². The van der Waals surface area contributed by atoms with Crippen molar-refractivity contribution in [3.63, 3.8) is 0 Å². The highest BCUT2D eigenvalue weighted by Crippen LogP contribution is 2.36. The van der Waals surface area contributed by atoms with Crippen molar-refractivity contribution in [1.29, 1.82) is 0 Å². The van der Waals surface area contributed by atoms with Gasteiger partial charge in [0.1, 0.15) is 5.54 Å². The summed E-state index contributed by atoms with van der Waals surface area (Å²) < 4.78 is 61.7. The Labute approximate surface area is 197 Å². The van der Waals surface area contributed by atoms with E-state index in [1.807, 2.05) is 0 Å². The van der Waals surface area contributed by atoms with E-state index in [0.29, 0.717) is 33.6 Å². The van der Waals surface area contributed by atoms with Crippen molar-refractivity contribution < 1.29 is 31.2 Å². The first-order valence-corrected chi connectivity index (χ1v) is 11.7. The molecule has 0 bridgehead atoms. The number of urea groups is 1. The second-order valence-corrected chi connectivity index (χ2v) is 10.5. The predicted octanol–water partition coefficient (Wildman–Crippen LogP) is 4.93. The topological polar surface area (TPSA) is 87.7 Å². The van der Waals surface area contributed by atoms with Crippen LogP contribution in [0.25, 0.3) is 10.9 Å². The van der Waals surface area contributed by atoms with Crippen LogP contribution in [0, 0.1) is 0 Å². The molecule has 1 aliphatic rings. The molecule has 0 unspecified atom stereocenters. The molecule has 0 aliphatic carbocycles. The number of anilines is 1. The van der Waals surface area contributed by atoms with Crippen LogP contribution in [-0.2, 0) is 21.2 Å². The average molecular weight is 512 g/mol. The summed E-state index contributed by atoms with van der Waals surface area (Å²) in [4.78, 5) is 31.8. The van der Waals surface area contributed by atoms with Crippen LogP contribution in [0.2, 0.25) is 5.02 Å². The predicted molar refractivity (Wildman–Crippen MR) is 119 cm³/mol. The van der Waals surface area contributed by atoms with Gasteiger partial charge in [-0.25, -0.2) is 18.1 Å². The lowest BCUT2D eigenvalue weighted by Crippen LogP contribution is -2.43. The van der Waals surface area contributed by atoms with E-state index < -0.39 is 37.7 Å². The van der Waals surface area contributed by atoms with E-state index in [-0.39, 0.29) is 12.2 Å². The number of alkyl halides is 3. The molecule has 2 aromatic carbocycles. The zero-order chi connectivity index (χ0) is 25.1. The van der Waals surface area contributed by atoms with Crippen molar-refractivity contribution in [2.75, 3.05) is 4.90 Å². The Bertz CT molecular complexity index is 1420. The summed E-state index contributed by atoms with van der Waals surface area (Å²) in [5, 5.41) is 1.05. The highest BCUT2D eigenvalue weighted by molar-refractivity contribution is 7.92. The van der Waals surface area contributed by atoms with Gasteiger partial charge in [-0.15, -0.1) is 0 Å². The second-order valence-electron chi connectivity index (χ2n) is 8.12. The molecule has 34 heavy (non-hydrogen) atoms. The summed E-state index contributed by atoms with van der Waals surface area (Å²) in [6, 6.07) is 9.56. The number of sulfone groups is 1. The van der Waals surface area contributed by atoms with Gasteiger partial charge in [-0.1, -0.05) is 17.7 Å². The van der Waals surface area contributed by atoms with Crippen molar-refractivity contribution >= 4 is 50.0 Å². The summed E-state index contributed by atoms with van der Waals surface area (Å²) in [7, 11) is -5.56. The Morgan fingerprint density at radius 1 is 1.03 bits per heavy atom. The molecular weight excluding hydrogens is 495 g/mol. The maximum Gasteiger partial charge on any atom is 0.501 e. The molecule has 0 radical (unpaired) electrons. The second kappa shape index (κ2) is 7.95. The number of amides is 3. The standard InChI is InChI=1S/C22H17ClF3N3O4S/c1-21(2)19(30)29(14-6-8-15(9-7-14)34(32,33)22(24,25)26)20(31)28(21)12-13-10-11-27-17-5-3-4-16(23)18(13)17/h3-11H,12H2,1-2H3. The molecule has 0 saturated carbocycles. The van der Waals surface area contributed by atoms with Crippen LogP contribution in [0.4, 0.5) is 23.7 Å². The van der Waals surface area contributed by atoms with Crippen molar-refractivity contribution in [2.45, 2.75) is 36.3 Å². The largest absolute Gasteiger partial charge is 0.501 e. The Morgan fingerprint density at radius 2 is 1.68 bits per heavy atom. The number of fused-ring (bicyclic) bond motifs is 1. The molecule has 1 aliphatic heterocycles. The van der Waals surface area contributed by atoms with Crippen LogP contribution >= 0.6 is 11.6 Å². The van der Waals surface area contributed by atoms with Gasteiger partial charge in [0.15, 0.2) is 0 Å². The summed E-state index contributed by atoms with van der Waals surface area (Å²) in [5.41, 5.74) is -5.56. The molecule has 12 heteroatoms. The Kier molecular flexibility index (Phi) is 5.60. The van der Waals surface area contributed by atoms with Gasteiger partial charge in [-0.3, -0.25) is 9.78 Å². The minimum absolute atomic E-state index is 0.0113. The normalized spacial score (nSPS) is 16.5. The van der Waals surface area contributed by atoms with Gasteiger partial charge in [0.25, 0.3) is 15.7 Å². The van der Waals surface area contributed by atoms with Crippen LogP contribution in [0.3, 0.4) is 0 Å². The van der Waals surface area contributed by atoms with Gasteiger partial charge in [0.2, 0.25) is 0 Å². The Hall–Kier alpha value is -3.18. The number of halogens is 4. The maximum atomic E-state index is 13.3. The quantitative estimate of drug-likeness (QED) is 0.463. The van der Waals surface area contributed by atoms with E-state index in [1.54, 1.807) is 44.3 Å². The maximum absolute atomic E-state index is 13.3. The zero-order valence-electron chi connectivity index (χ0n) is 17.8. The van der Waals surface area contributed by atoms with Crippen molar-refractivity contribution in [2.24, 2.45) is 0 Å². The monoisotopic (exact) mass is 511 g/mol. The molecule has 0 atom stereocenters. The van der Waals surface area contributed by atoms with E-state index in [2.05, 4.69) is 4.98 Å². The van der Waals surface area contributed by atoms with E-state index in [9.17, 15) is 31.2 Å². The smallest absolute Gasteiger partial charge is 0.305 e. The van der Waals surface area contributed by atoms with E-state index in [1.165, 1.54) is 4.90 Å². The van der Waals surface area contributed by atoms with Crippen molar-refractivity contribution in [1.82, 2.24) is 9.88 Å². The van der Waals surface area contributed by atoms with Crippen LogP contribution in [-0.4, -0.2) is 41.3 Å². The number of benzene rings is 2. The van der Waals surface area contributed by atoms with Crippen molar-refractivity contribution in [3.05, 3.63) is 65.3 Å². The molecule has 7 nitrogen and oxygen atoms in total. The minimum atomic E-state index is -5.56. The SMILES string of the molecule is CC1(C)C(=O)N(c2ccc(S(=O)(=O)C(F)(F)F)cc2)C(=O)N1Cc1ccnc2cccc(Cl)c12. The fraction of sp³-hybridized carbons (Fsp3) is 0.227. The molecule has 1 aromatic heterocycles. The van der Waals surface area contributed by atoms with Crippen LogP contribution in [0.15, 0.2) is 59.6 Å². The number of rotatable bonds is 4. The number of aromatic nitrogens is 1. The molecule has 0 N–H and O–H groups in total. The number of hydrogen-bond acceptors (Lipinski definition) is 5. The summed E-state index contributed by atoms with van der Waals surface area (Å²) in [6.45, 7) is 3.10. The lowest BCUT2D eigenvalue weighted by atomic mass is 10.0. The lowest BCUT2D eigenvalue weighted by Gasteiger charge is -2.28. The molecule has 4 rings (SSSR count). The van der Waals surface area contributed by atoms with Gasteiger partial charge >= 0.3 is 11.5 Å². The first-order valence-electron chi connectivity index (χ1n) is 9.86. The summed E-state index contributed by atoms with van der Waals surface area (Å²) in [6.07, 6.45) is 1.56. The molecule has 3 amide bonds. The third-order valence-corrected chi connectivity index (χ3v) is 7.48. The number of imide groups is 1. The van der Waals surface area contributed by atoms with E-state index in [4.69, 9.17) is 11.6 Å². The van der Waals surface area contributed by atoms with Crippen molar-refractivity contribution in [3.8, 4) is 0 Å². The Balaban J connectivity index is 1.70. The third-order valence-electron chi connectivity index (χ3n) is 5.66. The minimum Gasteiger partial charge on any atom is -0.305 e. The van der Waals surface area contributed by atoms with Gasteiger partial charge in [-0.2, -0.15) is 13.2 Å². The first-order chi connectivity index (χ1) is 15.8. The van der Waals surface area contributed by atoms with E-state index >= 15 is 0 Å². The molecule has 0 spiro atoms. The van der Waals surface area contributed by atoms with Gasteiger partial charge in [0, 0.05) is 18.1 Å². The van der Waals surface area contributed by atoms with Crippen LogP contribution in [0.1, 0.15) is 19.4 Å². The zero-order valence-corrected chi connectivity index (χ0v) is 19.4. The van der Waals surface area contributed by atoms with E-state index in [0.717, 1.165) is 17.0 Å². The van der Waals surface area contributed by atoms with Gasteiger partial charge in [-0.05, 0) is 61.9 Å². The molecule has 1 saturated heterocycles. The number of nitrogens with zero attached hydrogens (tertiary/aromatic N) is 3. The highest BCUT2D eigenvalue weighted by Gasteiger charge is 2.52. The number of carbonyl (C=O) groups is 2. The van der Waals surface area contributed by atoms with Gasteiger partial charge < -0.3 is 4.90 Å². The fourth-order valence-electron chi connectivity index (χ4n) is 3.77. The number of carbonyl (C=O) groups excluding carboxylic acids is 2. The van der Waals surface area contributed by atoms with Crippen LogP contribution < -0.4 is 4.90 Å². The Morgan fingerprint density at radius 3 is 2.29 bits per heavy atom. The molecular formula is C22H17ClF3N3O4S. The lowest BCUT2D eigenvalue weighted by molar-refractivity contribution is -0.123. The summed E-state index contributed by atoms with van der Waals surface area (Å²) >= 11 is 6.34. The summed E-state index contributed by atoms with van der Waals surface area (Å²) in [5.74, 6) is -0.617.